The van der Waals surface area contributed by atoms with E-state index in [0.717, 1.165) is 22.4 Å². The lowest BCUT2D eigenvalue weighted by atomic mass is 9.77. The predicted octanol–water partition coefficient (Wildman–Crippen LogP) is 6.16. The summed E-state index contributed by atoms with van der Waals surface area (Å²) in [4.78, 5) is 13.3. The predicted molar refractivity (Wildman–Crippen MR) is 129 cm³/mol. The number of anilines is 1. The number of nitro benzene ring substituents is 1. The van der Waals surface area contributed by atoms with Gasteiger partial charge in [0.05, 0.1) is 10.5 Å². The smallest absolute Gasteiger partial charge is 0.270 e. The monoisotopic (exact) mass is 450 g/mol. The van der Waals surface area contributed by atoms with Gasteiger partial charge in [-0.2, -0.15) is 0 Å². The van der Waals surface area contributed by atoms with Gasteiger partial charge in [0.1, 0.15) is 11.4 Å². The van der Waals surface area contributed by atoms with Gasteiger partial charge in [0.25, 0.3) is 5.69 Å². The average Bonchev–Trinajstić information content (AvgIpc) is 2.88. The van der Waals surface area contributed by atoms with Crippen LogP contribution < -0.4 is 9.64 Å². The van der Waals surface area contributed by atoms with Crippen LogP contribution in [0, 0.1) is 10.1 Å². The molecule has 0 saturated heterocycles. The lowest BCUT2D eigenvalue weighted by Gasteiger charge is -2.52. The third-order valence-electron chi connectivity index (χ3n) is 6.62. The van der Waals surface area contributed by atoms with Crippen LogP contribution in [0.25, 0.3) is 0 Å². The summed E-state index contributed by atoms with van der Waals surface area (Å²) in [5.74, 6) is 0.591. The van der Waals surface area contributed by atoms with E-state index in [0.29, 0.717) is 11.3 Å². The maximum absolute atomic E-state index is 11.6. The number of para-hydroxylation sites is 1. The molecule has 2 unspecified atom stereocenters. The van der Waals surface area contributed by atoms with Gasteiger partial charge >= 0.3 is 0 Å². The zero-order valence-corrected chi connectivity index (χ0v) is 18.5. The number of benzene rings is 4. The van der Waals surface area contributed by atoms with Gasteiger partial charge in [0, 0.05) is 23.4 Å². The first-order valence-electron chi connectivity index (χ1n) is 11.2. The lowest BCUT2D eigenvalue weighted by molar-refractivity contribution is -0.385. The molecule has 0 N–H and O–H groups in total. The Hall–Kier alpha value is -4.16. The first-order chi connectivity index (χ1) is 16.6. The number of hydrogen-bond acceptors (Lipinski definition) is 5. The summed E-state index contributed by atoms with van der Waals surface area (Å²) in [6.45, 7) is 1.97. The van der Waals surface area contributed by atoms with Gasteiger partial charge < -0.3 is 14.4 Å². The van der Waals surface area contributed by atoms with Crippen LogP contribution in [0.5, 0.6) is 5.75 Å². The van der Waals surface area contributed by atoms with Crippen molar-refractivity contribution in [3.05, 3.63) is 135 Å². The minimum Gasteiger partial charge on any atom is -0.470 e. The highest BCUT2D eigenvalue weighted by Crippen LogP contribution is 2.55. The van der Waals surface area contributed by atoms with Crippen LogP contribution >= 0.6 is 0 Å². The second-order valence-electron chi connectivity index (χ2n) is 8.50. The molecule has 6 nitrogen and oxygen atoms in total. The van der Waals surface area contributed by atoms with E-state index in [9.17, 15) is 10.1 Å². The molecule has 34 heavy (non-hydrogen) atoms. The quantitative estimate of drug-likeness (QED) is 0.276. The van der Waals surface area contributed by atoms with E-state index in [1.165, 1.54) is 6.07 Å². The Labute approximate surface area is 197 Å². The normalized spacial score (nSPS) is 19.9. The average molecular weight is 450 g/mol. The molecule has 0 aromatic heterocycles. The van der Waals surface area contributed by atoms with Crippen molar-refractivity contribution in [2.45, 2.75) is 25.0 Å². The number of ether oxygens (including phenoxy) is 2. The van der Waals surface area contributed by atoms with Crippen LogP contribution in [0.3, 0.4) is 0 Å². The summed E-state index contributed by atoms with van der Waals surface area (Å²) in [5, 5.41) is 11.6. The summed E-state index contributed by atoms with van der Waals surface area (Å²) in [6, 6.07) is 33.1. The van der Waals surface area contributed by atoms with Crippen molar-refractivity contribution >= 4 is 11.4 Å². The van der Waals surface area contributed by atoms with Crippen molar-refractivity contribution in [3.8, 4) is 5.75 Å². The minimum atomic E-state index is -0.917. The molecular weight excluding hydrogens is 428 g/mol. The number of nitrogens with zero attached hydrogens (tertiary/aromatic N) is 2. The van der Waals surface area contributed by atoms with Gasteiger partial charge in [-0.1, -0.05) is 78.9 Å². The van der Waals surface area contributed by atoms with Gasteiger partial charge in [0.15, 0.2) is 12.5 Å². The topological polar surface area (TPSA) is 64.8 Å². The lowest BCUT2D eigenvalue weighted by Crippen LogP contribution is -2.53. The van der Waals surface area contributed by atoms with Crippen molar-refractivity contribution in [1.29, 1.82) is 0 Å². The summed E-state index contributed by atoms with van der Waals surface area (Å²) >= 11 is 0. The first-order valence-corrected chi connectivity index (χ1v) is 11.2. The van der Waals surface area contributed by atoms with Gasteiger partial charge in [-0.3, -0.25) is 10.1 Å². The molecule has 2 aliphatic heterocycles. The second-order valence-corrected chi connectivity index (χ2v) is 8.50. The molecule has 2 aliphatic rings. The molecule has 2 atom stereocenters. The van der Waals surface area contributed by atoms with Crippen LogP contribution in [-0.4, -0.2) is 11.2 Å². The first kappa shape index (κ1) is 20.4. The molecule has 6 heteroatoms. The fourth-order valence-electron chi connectivity index (χ4n) is 5.16. The van der Waals surface area contributed by atoms with Crippen LogP contribution in [0.1, 0.15) is 35.4 Å². The van der Waals surface area contributed by atoms with E-state index in [2.05, 4.69) is 41.3 Å². The summed E-state index contributed by atoms with van der Waals surface area (Å²) < 4.78 is 13.3. The number of rotatable bonds is 3. The molecule has 0 bridgehead atoms. The van der Waals surface area contributed by atoms with Crippen molar-refractivity contribution in [2.24, 2.45) is 0 Å². The van der Waals surface area contributed by atoms with Crippen molar-refractivity contribution in [2.75, 3.05) is 4.90 Å². The zero-order chi connectivity index (χ0) is 23.3. The van der Waals surface area contributed by atoms with E-state index < -0.39 is 11.8 Å². The minimum absolute atomic E-state index is 0.00401. The molecular formula is C28H22N2O4. The van der Waals surface area contributed by atoms with Gasteiger partial charge in [0.2, 0.25) is 0 Å². The number of non-ortho nitro benzene ring substituents is 1. The Kier molecular flexibility index (Phi) is 4.64. The molecule has 0 spiro atoms. The molecule has 0 amide bonds. The van der Waals surface area contributed by atoms with Crippen LogP contribution in [0.15, 0.2) is 103 Å². The summed E-state index contributed by atoms with van der Waals surface area (Å²) in [5.41, 5.74) is 3.66. The largest absolute Gasteiger partial charge is 0.470 e. The molecule has 0 aliphatic carbocycles. The second kappa shape index (κ2) is 7.71. The van der Waals surface area contributed by atoms with E-state index in [4.69, 9.17) is 9.47 Å². The van der Waals surface area contributed by atoms with Crippen LogP contribution in [0.2, 0.25) is 0 Å². The van der Waals surface area contributed by atoms with E-state index >= 15 is 0 Å². The highest BCUT2D eigenvalue weighted by Gasteiger charge is 2.51. The highest BCUT2D eigenvalue weighted by atomic mass is 16.6. The molecule has 0 radical (unpaired) electrons. The summed E-state index contributed by atoms with van der Waals surface area (Å²) in [7, 11) is 0. The third kappa shape index (κ3) is 2.92. The SMILES string of the molecule is CC1Oc2ccc([N+](=O)[O-])cc2C2OC(c3ccccc3)(c3ccccc3)c3ccccc3N12. The van der Waals surface area contributed by atoms with Crippen molar-refractivity contribution in [3.63, 3.8) is 0 Å². The Balaban J connectivity index is 1.67. The Bertz CT molecular complexity index is 1330. The standard InChI is InChI=1S/C28H22N2O4/c1-19-29-25-15-9-8-14-24(25)28(20-10-4-2-5-11-20,21-12-6-3-7-13-21)34-27(29)23-18-22(30(31)32)16-17-26(23)33-19/h2-19,27H,1H3. The maximum atomic E-state index is 11.6. The maximum Gasteiger partial charge on any atom is 0.270 e. The van der Waals surface area contributed by atoms with Crippen LogP contribution in [-0.2, 0) is 10.3 Å². The molecule has 0 saturated carbocycles. The van der Waals surface area contributed by atoms with E-state index in [1.54, 1.807) is 12.1 Å². The van der Waals surface area contributed by atoms with E-state index in [-0.39, 0.29) is 16.8 Å². The Morgan fingerprint density at radius 1 is 0.853 bits per heavy atom. The molecule has 4 aromatic carbocycles. The van der Waals surface area contributed by atoms with Gasteiger partial charge in [-0.25, -0.2) is 0 Å². The molecule has 2 heterocycles. The Morgan fingerprint density at radius 3 is 2.12 bits per heavy atom. The zero-order valence-electron chi connectivity index (χ0n) is 18.5. The Morgan fingerprint density at radius 2 is 1.47 bits per heavy atom. The van der Waals surface area contributed by atoms with E-state index in [1.807, 2.05) is 55.5 Å². The van der Waals surface area contributed by atoms with Crippen molar-refractivity contribution < 1.29 is 14.4 Å². The van der Waals surface area contributed by atoms with Crippen molar-refractivity contribution in [1.82, 2.24) is 0 Å². The summed E-state index contributed by atoms with van der Waals surface area (Å²) in [6.07, 6.45) is -0.918. The van der Waals surface area contributed by atoms with Crippen LogP contribution in [0.4, 0.5) is 11.4 Å². The van der Waals surface area contributed by atoms with Gasteiger partial charge in [-0.05, 0) is 30.2 Å². The fraction of sp³-hybridized carbons (Fsp3) is 0.143. The third-order valence-corrected chi connectivity index (χ3v) is 6.62. The molecule has 0 fully saturated rings. The molecule has 168 valence electrons. The number of fused-ring (bicyclic) bond motifs is 5. The number of nitro groups is 1. The molecule has 4 aromatic rings. The number of hydrogen-bond donors (Lipinski definition) is 0. The molecule has 6 rings (SSSR count). The van der Waals surface area contributed by atoms with Gasteiger partial charge in [-0.15, -0.1) is 0 Å². The highest BCUT2D eigenvalue weighted by molar-refractivity contribution is 5.67. The fourth-order valence-corrected chi connectivity index (χ4v) is 5.16.